The fourth-order valence-corrected chi connectivity index (χ4v) is 8.03. The molecule has 0 saturated heterocycles. The number of hydrogen-bond acceptors (Lipinski definition) is 2. The van der Waals surface area contributed by atoms with Crippen molar-refractivity contribution in [3.63, 3.8) is 0 Å². The fourth-order valence-electron chi connectivity index (χ4n) is 8.03. The number of fused-ring (bicyclic) bond motifs is 5. The minimum Gasteiger partial charge on any atom is -0.385 e. The normalized spacial score (nSPS) is 49.2. The third-order valence-corrected chi connectivity index (χ3v) is 9.75. The van der Waals surface area contributed by atoms with Gasteiger partial charge >= 0.3 is 0 Å². The number of rotatable bonds is 1. The molecule has 1 aromatic rings. The van der Waals surface area contributed by atoms with E-state index < -0.39 is 5.60 Å². The van der Waals surface area contributed by atoms with E-state index in [1.54, 1.807) is 0 Å². The molecule has 0 unspecified atom stereocenters. The molecule has 0 heterocycles. The molecule has 0 spiro atoms. The van der Waals surface area contributed by atoms with Crippen LogP contribution in [0, 0.1) is 34.5 Å². The first-order valence-corrected chi connectivity index (χ1v) is 11.2. The van der Waals surface area contributed by atoms with Crippen molar-refractivity contribution in [2.45, 2.75) is 77.2 Å². The minimum atomic E-state index is -0.648. The molecule has 5 rings (SSSR count). The summed E-state index contributed by atoms with van der Waals surface area (Å²) in [7, 11) is 0. The van der Waals surface area contributed by atoms with E-state index in [9.17, 15) is 9.90 Å². The molecular weight excluding hydrogens is 332 g/mol. The molecule has 0 aromatic heterocycles. The molecule has 27 heavy (non-hydrogen) atoms. The van der Waals surface area contributed by atoms with Crippen LogP contribution in [0.15, 0.2) is 30.3 Å². The van der Waals surface area contributed by atoms with Gasteiger partial charge in [-0.2, -0.15) is 0 Å². The molecule has 4 saturated carbocycles. The summed E-state index contributed by atoms with van der Waals surface area (Å²) in [6.07, 6.45) is 9.69. The highest BCUT2D eigenvalue weighted by Crippen LogP contribution is 2.66. The van der Waals surface area contributed by atoms with Crippen LogP contribution in [0.5, 0.6) is 0 Å². The molecule has 1 aromatic carbocycles. The number of benzene rings is 1. The van der Waals surface area contributed by atoms with Gasteiger partial charge in [-0.1, -0.05) is 44.2 Å². The monoisotopic (exact) mass is 366 g/mol. The van der Waals surface area contributed by atoms with Crippen molar-refractivity contribution in [1.29, 1.82) is 0 Å². The van der Waals surface area contributed by atoms with E-state index in [2.05, 4.69) is 38.1 Å². The van der Waals surface area contributed by atoms with Gasteiger partial charge in [0.05, 0.1) is 5.60 Å². The molecular formula is C25H34O2. The predicted molar refractivity (Wildman–Crippen MR) is 107 cm³/mol. The SMILES string of the molecule is C[C@]12CC[C@](O)(c3ccccc3)C[C@@H]1CC[C@@H]1[C@@H]2CC[C@]2(C)C(=O)CC[C@@H]12. The lowest BCUT2D eigenvalue weighted by Crippen LogP contribution is -2.55. The zero-order valence-electron chi connectivity index (χ0n) is 16.9. The molecule has 146 valence electrons. The minimum absolute atomic E-state index is 0.0240. The lowest BCUT2D eigenvalue weighted by Gasteiger charge is -2.61. The first-order chi connectivity index (χ1) is 12.9. The third kappa shape index (κ3) is 2.44. The first-order valence-electron chi connectivity index (χ1n) is 11.2. The van der Waals surface area contributed by atoms with Crippen molar-refractivity contribution in [3.05, 3.63) is 35.9 Å². The topological polar surface area (TPSA) is 37.3 Å². The van der Waals surface area contributed by atoms with Crippen molar-refractivity contribution >= 4 is 5.78 Å². The van der Waals surface area contributed by atoms with Gasteiger partial charge in [0.2, 0.25) is 0 Å². The fraction of sp³-hybridized carbons (Fsp3) is 0.720. The first kappa shape index (κ1) is 17.9. The number of Topliss-reactive ketones (excluding diaryl/α,β-unsaturated/α-hetero) is 1. The Labute approximate surface area is 163 Å². The van der Waals surface area contributed by atoms with E-state index in [1.807, 2.05) is 6.07 Å². The Balaban J connectivity index is 1.42. The molecule has 2 heteroatoms. The van der Waals surface area contributed by atoms with E-state index in [1.165, 1.54) is 19.3 Å². The van der Waals surface area contributed by atoms with E-state index in [4.69, 9.17) is 0 Å². The second kappa shape index (κ2) is 5.92. The summed E-state index contributed by atoms with van der Waals surface area (Å²) in [6, 6.07) is 10.3. The van der Waals surface area contributed by atoms with Gasteiger partial charge in [0.25, 0.3) is 0 Å². The Hall–Kier alpha value is -1.15. The maximum Gasteiger partial charge on any atom is 0.139 e. The smallest absolute Gasteiger partial charge is 0.139 e. The van der Waals surface area contributed by atoms with Crippen LogP contribution in [0.2, 0.25) is 0 Å². The van der Waals surface area contributed by atoms with Crippen LogP contribution in [0.1, 0.15) is 77.2 Å². The van der Waals surface area contributed by atoms with Gasteiger partial charge in [-0.15, -0.1) is 0 Å². The van der Waals surface area contributed by atoms with Crippen LogP contribution >= 0.6 is 0 Å². The second-order valence-electron chi connectivity index (χ2n) is 10.7. The Morgan fingerprint density at radius 2 is 1.70 bits per heavy atom. The summed E-state index contributed by atoms with van der Waals surface area (Å²) >= 11 is 0. The van der Waals surface area contributed by atoms with Crippen molar-refractivity contribution in [3.8, 4) is 0 Å². The van der Waals surface area contributed by atoms with Crippen LogP contribution in [0.25, 0.3) is 0 Å². The zero-order valence-corrected chi connectivity index (χ0v) is 16.9. The van der Waals surface area contributed by atoms with Crippen LogP contribution in [0.3, 0.4) is 0 Å². The van der Waals surface area contributed by atoms with Crippen molar-refractivity contribution in [1.82, 2.24) is 0 Å². The third-order valence-electron chi connectivity index (χ3n) is 9.75. The van der Waals surface area contributed by atoms with Crippen LogP contribution in [-0.2, 0) is 10.4 Å². The summed E-state index contributed by atoms with van der Waals surface area (Å²) in [5.41, 5.74) is 0.776. The molecule has 1 N–H and O–H groups in total. The van der Waals surface area contributed by atoms with E-state index >= 15 is 0 Å². The van der Waals surface area contributed by atoms with Gasteiger partial charge in [0.1, 0.15) is 5.78 Å². The Morgan fingerprint density at radius 1 is 0.926 bits per heavy atom. The molecule has 2 nitrogen and oxygen atoms in total. The zero-order chi connectivity index (χ0) is 18.9. The van der Waals surface area contributed by atoms with Crippen LogP contribution < -0.4 is 0 Å². The summed E-state index contributed by atoms with van der Waals surface area (Å²) in [5, 5.41) is 11.5. The highest BCUT2D eigenvalue weighted by atomic mass is 16.3. The summed E-state index contributed by atoms with van der Waals surface area (Å²) in [4.78, 5) is 12.6. The molecule has 0 amide bonds. The average Bonchev–Trinajstić information content (AvgIpc) is 2.98. The molecule has 7 atom stereocenters. The van der Waals surface area contributed by atoms with E-state index in [0.717, 1.165) is 55.9 Å². The molecule has 4 fully saturated rings. The lowest BCUT2D eigenvalue weighted by atomic mass is 9.44. The highest BCUT2D eigenvalue weighted by molar-refractivity contribution is 5.87. The number of carbonyl (C=O) groups is 1. The van der Waals surface area contributed by atoms with E-state index in [-0.39, 0.29) is 5.41 Å². The highest BCUT2D eigenvalue weighted by Gasteiger charge is 2.61. The maximum absolute atomic E-state index is 12.6. The Bertz CT molecular complexity index is 742. The van der Waals surface area contributed by atoms with Gasteiger partial charge in [-0.25, -0.2) is 0 Å². The molecule has 4 aliphatic carbocycles. The number of hydrogen-bond donors (Lipinski definition) is 1. The maximum atomic E-state index is 12.6. The quantitative estimate of drug-likeness (QED) is 0.714. The van der Waals surface area contributed by atoms with Crippen molar-refractivity contribution in [2.75, 3.05) is 0 Å². The van der Waals surface area contributed by atoms with Gasteiger partial charge in [-0.3, -0.25) is 4.79 Å². The standard InChI is InChI=1S/C25H34O2/c1-23-14-15-25(27,17-6-4-3-5-7-17)16-18(23)8-9-19-20-10-11-22(26)24(20,2)13-12-21(19)23/h3-7,18-21,27H,8-16H2,1-2H3/t18-,19-,20-,21-,23-,24-,25+/m0/s1. The Kier molecular flexibility index (Phi) is 3.93. The van der Waals surface area contributed by atoms with Gasteiger partial charge in [-0.05, 0) is 86.0 Å². The number of aliphatic hydroxyl groups is 1. The van der Waals surface area contributed by atoms with Crippen molar-refractivity contribution in [2.24, 2.45) is 34.5 Å². The lowest BCUT2D eigenvalue weighted by molar-refractivity contribution is -0.155. The van der Waals surface area contributed by atoms with Gasteiger partial charge < -0.3 is 5.11 Å². The van der Waals surface area contributed by atoms with Crippen LogP contribution in [-0.4, -0.2) is 10.9 Å². The van der Waals surface area contributed by atoms with E-state index in [0.29, 0.717) is 23.0 Å². The molecule has 0 radical (unpaired) electrons. The summed E-state index contributed by atoms with van der Waals surface area (Å²) in [5.74, 6) is 3.26. The van der Waals surface area contributed by atoms with Gasteiger partial charge in [0.15, 0.2) is 0 Å². The summed E-state index contributed by atoms with van der Waals surface area (Å²) < 4.78 is 0. The second-order valence-corrected chi connectivity index (χ2v) is 10.7. The van der Waals surface area contributed by atoms with Crippen molar-refractivity contribution < 1.29 is 9.90 Å². The largest absolute Gasteiger partial charge is 0.385 e. The molecule has 4 aliphatic rings. The predicted octanol–water partition coefficient (Wildman–Crippen LogP) is 5.49. The number of carbonyl (C=O) groups excluding carboxylic acids is 1. The Morgan fingerprint density at radius 3 is 2.48 bits per heavy atom. The molecule has 0 aliphatic heterocycles. The van der Waals surface area contributed by atoms with Gasteiger partial charge in [0, 0.05) is 11.8 Å². The number of ketones is 1. The van der Waals surface area contributed by atoms with Crippen LogP contribution in [0.4, 0.5) is 0 Å². The summed E-state index contributed by atoms with van der Waals surface area (Å²) in [6.45, 7) is 4.80. The average molecular weight is 367 g/mol. The molecule has 0 bridgehead atoms.